The molecule has 1 atom stereocenters. The SMILES string of the molecule is C[C@@H](Sc1nnc(-c2cccc(Cl)c2)o1)C(=O)Nc1ccc(F)cc1F. The summed E-state index contributed by atoms with van der Waals surface area (Å²) in [7, 11) is 0. The third kappa shape index (κ3) is 4.39. The molecule has 5 nitrogen and oxygen atoms in total. The number of anilines is 1. The molecule has 1 aromatic heterocycles. The number of aromatic nitrogens is 2. The molecule has 1 amide bonds. The molecule has 2 aromatic carbocycles. The Bertz CT molecular complexity index is 951. The fraction of sp³-hybridized carbons (Fsp3) is 0.118. The van der Waals surface area contributed by atoms with Gasteiger partial charge >= 0.3 is 0 Å². The Morgan fingerprint density at radius 1 is 1.23 bits per heavy atom. The van der Waals surface area contributed by atoms with Crippen LogP contribution in [0.4, 0.5) is 14.5 Å². The van der Waals surface area contributed by atoms with Crippen LogP contribution in [0.2, 0.25) is 5.02 Å². The summed E-state index contributed by atoms with van der Waals surface area (Å²) in [5, 5.41) is 10.3. The monoisotopic (exact) mass is 395 g/mol. The summed E-state index contributed by atoms with van der Waals surface area (Å²) < 4.78 is 32.0. The lowest BCUT2D eigenvalue weighted by Crippen LogP contribution is -2.23. The first-order valence-corrected chi connectivity index (χ1v) is 8.70. The number of rotatable bonds is 5. The number of carbonyl (C=O) groups excluding carboxylic acids is 1. The number of nitrogens with one attached hydrogen (secondary N) is 1. The van der Waals surface area contributed by atoms with Crippen molar-refractivity contribution < 1.29 is 18.0 Å². The molecular formula is C17H12ClF2N3O2S. The van der Waals surface area contributed by atoms with Crippen LogP contribution >= 0.6 is 23.4 Å². The van der Waals surface area contributed by atoms with Gasteiger partial charge in [0.05, 0.1) is 10.9 Å². The minimum atomic E-state index is -0.850. The van der Waals surface area contributed by atoms with Gasteiger partial charge in [0.1, 0.15) is 11.6 Å². The third-order valence-electron chi connectivity index (χ3n) is 3.31. The Hall–Kier alpha value is -2.45. The molecule has 0 saturated heterocycles. The zero-order valence-electron chi connectivity index (χ0n) is 13.4. The molecule has 0 radical (unpaired) electrons. The van der Waals surface area contributed by atoms with E-state index in [-0.39, 0.29) is 16.8 Å². The van der Waals surface area contributed by atoms with Crippen LogP contribution in [0.5, 0.6) is 0 Å². The number of benzene rings is 2. The topological polar surface area (TPSA) is 68.0 Å². The molecule has 0 aliphatic carbocycles. The second kappa shape index (κ2) is 7.84. The highest BCUT2D eigenvalue weighted by Gasteiger charge is 2.20. The van der Waals surface area contributed by atoms with Crippen LogP contribution in [0, 0.1) is 11.6 Å². The summed E-state index contributed by atoms with van der Waals surface area (Å²) >= 11 is 6.94. The van der Waals surface area contributed by atoms with Gasteiger partial charge in [-0.3, -0.25) is 4.79 Å². The van der Waals surface area contributed by atoms with Gasteiger partial charge in [-0.2, -0.15) is 0 Å². The summed E-state index contributed by atoms with van der Waals surface area (Å²) in [6, 6.07) is 9.83. The highest BCUT2D eigenvalue weighted by Crippen LogP contribution is 2.28. The summed E-state index contributed by atoms with van der Waals surface area (Å²) in [4.78, 5) is 12.2. The number of nitrogens with zero attached hydrogens (tertiary/aromatic N) is 2. The van der Waals surface area contributed by atoms with Gasteiger partial charge in [0.2, 0.25) is 11.8 Å². The van der Waals surface area contributed by atoms with Crippen LogP contribution in [-0.2, 0) is 4.79 Å². The number of thioether (sulfide) groups is 1. The van der Waals surface area contributed by atoms with E-state index in [9.17, 15) is 13.6 Å². The molecule has 3 rings (SSSR count). The van der Waals surface area contributed by atoms with Gasteiger partial charge in [0.25, 0.3) is 5.22 Å². The van der Waals surface area contributed by atoms with Gasteiger partial charge < -0.3 is 9.73 Å². The zero-order valence-corrected chi connectivity index (χ0v) is 14.9. The average Bonchev–Trinajstić information content (AvgIpc) is 3.06. The lowest BCUT2D eigenvalue weighted by Gasteiger charge is -2.10. The van der Waals surface area contributed by atoms with Crippen molar-refractivity contribution in [2.45, 2.75) is 17.4 Å². The van der Waals surface area contributed by atoms with E-state index in [4.69, 9.17) is 16.0 Å². The van der Waals surface area contributed by atoms with Crippen LogP contribution in [0.15, 0.2) is 52.1 Å². The number of hydrogen-bond acceptors (Lipinski definition) is 5. The molecular weight excluding hydrogens is 384 g/mol. The maximum Gasteiger partial charge on any atom is 0.277 e. The van der Waals surface area contributed by atoms with Gasteiger partial charge in [0, 0.05) is 16.7 Å². The molecule has 0 fully saturated rings. The molecule has 0 unspecified atom stereocenters. The second-order valence-electron chi connectivity index (χ2n) is 5.26. The van der Waals surface area contributed by atoms with E-state index in [1.807, 2.05) is 0 Å². The lowest BCUT2D eigenvalue weighted by atomic mass is 10.2. The molecule has 0 aliphatic rings. The predicted molar refractivity (Wildman–Crippen MR) is 95.1 cm³/mol. The third-order valence-corrected chi connectivity index (χ3v) is 4.48. The standard InChI is InChI=1S/C17H12ClF2N3O2S/c1-9(15(24)21-14-6-5-12(19)8-13(14)20)26-17-23-22-16(25-17)10-3-2-4-11(18)7-10/h2-9H,1H3,(H,21,24)/t9-/m1/s1. The van der Waals surface area contributed by atoms with E-state index in [0.29, 0.717) is 16.7 Å². The first-order valence-electron chi connectivity index (χ1n) is 7.44. The molecule has 0 aliphatic heterocycles. The summed E-state index contributed by atoms with van der Waals surface area (Å²) in [6.07, 6.45) is 0. The van der Waals surface area contributed by atoms with E-state index >= 15 is 0 Å². The highest BCUT2D eigenvalue weighted by atomic mass is 35.5. The molecule has 0 saturated carbocycles. The van der Waals surface area contributed by atoms with E-state index in [1.165, 1.54) is 0 Å². The first-order chi connectivity index (χ1) is 12.4. The zero-order chi connectivity index (χ0) is 18.7. The Kier molecular flexibility index (Phi) is 5.53. The van der Waals surface area contributed by atoms with Crippen LogP contribution < -0.4 is 5.32 Å². The molecule has 26 heavy (non-hydrogen) atoms. The molecule has 0 spiro atoms. The summed E-state index contributed by atoms with van der Waals surface area (Å²) in [5.41, 5.74) is 0.552. The van der Waals surface area contributed by atoms with Gasteiger partial charge in [-0.1, -0.05) is 29.4 Å². The summed E-state index contributed by atoms with van der Waals surface area (Å²) in [5.74, 6) is -1.78. The Morgan fingerprint density at radius 2 is 2.04 bits per heavy atom. The van der Waals surface area contributed by atoms with Gasteiger partial charge in [-0.25, -0.2) is 8.78 Å². The van der Waals surface area contributed by atoms with E-state index in [2.05, 4.69) is 15.5 Å². The number of carbonyl (C=O) groups is 1. The molecule has 9 heteroatoms. The number of amides is 1. The van der Waals surface area contributed by atoms with E-state index in [0.717, 1.165) is 23.9 Å². The van der Waals surface area contributed by atoms with Crippen LogP contribution in [0.1, 0.15) is 6.92 Å². The van der Waals surface area contributed by atoms with Crippen LogP contribution in [-0.4, -0.2) is 21.4 Å². The fourth-order valence-electron chi connectivity index (χ4n) is 2.03. The molecule has 134 valence electrons. The smallest absolute Gasteiger partial charge is 0.277 e. The van der Waals surface area contributed by atoms with Gasteiger partial charge in [0.15, 0.2) is 0 Å². The Labute approximate surface area is 156 Å². The Balaban J connectivity index is 1.66. The van der Waals surface area contributed by atoms with Crippen molar-refractivity contribution >= 4 is 35.0 Å². The fourth-order valence-corrected chi connectivity index (χ4v) is 2.90. The van der Waals surface area contributed by atoms with Crippen molar-refractivity contribution in [3.8, 4) is 11.5 Å². The summed E-state index contributed by atoms with van der Waals surface area (Å²) in [6.45, 7) is 1.60. The van der Waals surface area contributed by atoms with Crippen molar-refractivity contribution in [3.63, 3.8) is 0 Å². The van der Waals surface area contributed by atoms with Crippen molar-refractivity contribution in [2.75, 3.05) is 5.32 Å². The van der Waals surface area contributed by atoms with Gasteiger partial charge in [-0.05, 0) is 37.3 Å². The molecule has 1 heterocycles. The minimum Gasteiger partial charge on any atom is -0.411 e. The van der Waals surface area contributed by atoms with Crippen LogP contribution in [0.25, 0.3) is 11.5 Å². The van der Waals surface area contributed by atoms with Crippen molar-refractivity contribution in [2.24, 2.45) is 0 Å². The van der Waals surface area contributed by atoms with Crippen LogP contribution in [0.3, 0.4) is 0 Å². The number of hydrogen-bond donors (Lipinski definition) is 1. The van der Waals surface area contributed by atoms with Gasteiger partial charge in [-0.15, -0.1) is 10.2 Å². The lowest BCUT2D eigenvalue weighted by molar-refractivity contribution is -0.115. The molecule has 3 aromatic rings. The largest absolute Gasteiger partial charge is 0.411 e. The average molecular weight is 396 g/mol. The van der Waals surface area contributed by atoms with Crippen molar-refractivity contribution in [1.82, 2.24) is 10.2 Å². The quantitative estimate of drug-likeness (QED) is 0.629. The van der Waals surface area contributed by atoms with Crippen molar-refractivity contribution in [3.05, 3.63) is 59.1 Å². The second-order valence-corrected chi connectivity index (χ2v) is 6.99. The molecule has 0 bridgehead atoms. The normalized spacial score (nSPS) is 12.0. The first kappa shape index (κ1) is 18.3. The maximum absolute atomic E-state index is 13.6. The number of halogens is 3. The minimum absolute atomic E-state index is 0.103. The highest BCUT2D eigenvalue weighted by molar-refractivity contribution is 8.00. The molecule has 1 N–H and O–H groups in total. The maximum atomic E-state index is 13.6. The van der Waals surface area contributed by atoms with Crippen molar-refractivity contribution in [1.29, 1.82) is 0 Å². The Morgan fingerprint density at radius 3 is 2.77 bits per heavy atom. The van der Waals surface area contributed by atoms with E-state index in [1.54, 1.807) is 31.2 Å². The van der Waals surface area contributed by atoms with E-state index < -0.39 is 22.8 Å². The predicted octanol–water partition coefficient (Wildman–Crippen LogP) is 4.79.